The van der Waals surface area contributed by atoms with Gasteiger partial charge in [-0.15, -0.1) is 11.3 Å². The Morgan fingerprint density at radius 3 is 2.74 bits per heavy atom. The van der Waals surface area contributed by atoms with Gasteiger partial charge in [-0.05, 0) is 25.0 Å². The highest BCUT2D eigenvalue weighted by Crippen LogP contribution is 2.31. The van der Waals surface area contributed by atoms with Crippen molar-refractivity contribution in [3.8, 4) is 10.6 Å². The summed E-state index contributed by atoms with van der Waals surface area (Å²) in [6.45, 7) is 0. The van der Waals surface area contributed by atoms with Gasteiger partial charge in [0, 0.05) is 12.1 Å². The minimum Gasteiger partial charge on any atom is -0.355 e. The van der Waals surface area contributed by atoms with Crippen molar-refractivity contribution in [2.75, 3.05) is 0 Å². The number of sulfonamides is 1. The Bertz CT molecular complexity index is 640. The molecule has 0 atom stereocenters. The second-order valence-electron chi connectivity index (χ2n) is 4.60. The van der Waals surface area contributed by atoms with Crippen LogP contribution in [0.2, 0.25) is 0 Å². The van der Waals surface area contributed by atoms with Gasteiger partial charge in [-0.2, -0.15) is 0 Å². The largest absolute Gasteiger partial charge is 0.355 e. The molecule has 5 nitrogen and oxygen atoms in total. The molecule has 1 aliphatic rings. The molecule has 1 fully saturated rings. The molecule has 0 radical (unpaired) electrons. The molecule has 19 heavy (non-hydrogen) atoms. The van der Waals surface area contributed by atoms with Gasteiger partial charge in [0.25, 0.3) is 0 Å². The van der Waals surface area contributed by atoms with Crippen molar-refractivity contribution in [3.05, 3.63) is 24.4 Å². The Morgan fingerprint density at radius 2 is 2.05 bits per heavy atom. The van der Waals surface area contributed by atoms with Crippen molar-refractivity contribution < 1.29 is 12.9 Å². The smallest absolute Gasteiger partial charge is 0.250 e. The van der Waals surface area contributed by atoms with E-state index >= 15 is 0 Å². The van der Waals surface area contributed by atoms with Crippen LogP contribution in [0.4, 0.5) is 0 Å². The third kappa shape index (κ3) is 2.72. The van der Waals surface area contributed by atoms with E-state index in [4.69, 9.17) is 4.52 Å². The molecule has 1 saturated carbocycles. The third-order valence-electron chi connectivity index (χ3n) is 3.20. The number of nitrogens with one attached hydrogen (secondary N) is 1. The van der Waals surface area contributed by atoms with Crippen LogP contribution in [0, 0.1) is 0 Å². The highest BCUT2D eigenvalue weighted by atomic mass is 32.2. The summed E-state index contributed by atoms with van der Waals surface area (Å²) in [5.74, 6) is 0.590. The molecular weight excluding hydrogens is 284 g/mol. The average molecular weight is 298 g/mol. The predicted molar refractivity (Wildman–Crippen MR) is 72.4 cm³/mol. The summed E-state index contributed by atoms with van der Waals surface area (Å²) in [5.41, 5.74) is 0. The van der Waals surface area contributed by atoms with Crippen LogP contribution in [0.15, 0.2) is 33.1 Å². The quantitative estimate of drug-likeness (QED) is 0.941. The van der Waals surface area contributed by atoms with Gasteiger partial charge in [-0.3, -0.25) is 0 Å². The van der Waals surface area contributed by atoms with E-state index < -0.39 is 10.0 Å². The summed E-state index contributed by atoms with van der Waals surface area (Å²) in [6.07, 6.45) is 5.60. The summed E-state index contributed by atoms with van der Waals surface area (Å²) < 4.78 is 32.6. The second-order valence-corrected chi connectivity index (χ2v) is 7.62. The Hall–Kier alpha value is -1.18. The van der Waals surface area contributed by atoms with Crippen LogP contribution in [0.1, 0.15) is 25.7 Å². The van der Waals surface area contributed by atoms with Gasteiger partial charge >= 0.3 is 0 Å². The second kappa shape index (κ2) is 5.07. The molecule has 0 aliphatic heterocycles. The molecule has 0 saturated heterocycles. The Labute approximate surface area is 115 Å². The average Bonchev–Trinajstić information content (AvgIpc) is 3.11. The molecule has 0 bridgehead atoms. The zero-order chi connectivity index (χ0) is 13.3. The first-order valence-electron chi connectivity index (χ1n) is 6.18. The number of hydrogen-bond acceptors (Lipinski definition) is 5. The maximum atomic E-state index is 12.2. The maximum Gasteiger partial charge on any atom is 0.250 e. The molecule has 1 N–H and O–H groups in total. The molecule has 0 amide bonds. The number of hydrogen-bond donors (Lipinski definition) is 1. The van der Waals surface area contributed by atoms with Crippen LogP contribution in [0.3, 0.4) is 0 Å². The van der Waals surface area contributed by atoms with E-state index in [0.717, 1.165) is 30.6 Å². The van der Waals surface area contributed by atoms with Crippen molar-refractivity contribution in [2.45, 2.75) is 35.9 Å². The molecule has 2 heterocycles. The molecular formula is C12H14N2O3S2. The molecule has 0 unspecified atom stereocenters. The van der Waals surface area contributed by atoms with Gasteiger partial charge < -0.3 is 4.52 Å². The van der Waals surface area contributed by atoms with E-state index in [2.05, 4.69) is 9.88 Å². The van der Waals surface area contributed by atoms with E-state index in [1.54, 1.807) is 24.4 Å². The van der Waals surface area contributed by atoms with Gasteiger partial charge in [-0.1, -0.05) is 18.0 Å². The molecule has 102 valence electrons. The van der Waals surface area contributed by atoms with Crippen molar-refractivity contribution in [1.29, 1.82) is 0 Å². The van der Waals surface area contributed by atoms with Crippen molar-refractivity contribution in [2.24, 2.45) is 0 Å². The molecule has 2 aromatic heterocycles. The number of rotatable bonds is 4. The summed E-state index contributed by atoms with van der Waals surface area (Å²) in [7, 11) is -3.41. The van der Waals surface area contributed by atoms with Crippen LogP contribution in [0.5, 0.6) is 0 Å². The van der Waals surface area contributed by atoms with Crippen molar-refractivity contribution in [1.82, 2.24) is 9.88 Å². The lowest BCUT2D eigenvalue weighted by Crippen LogP contribution is -2.32. The van der Waals surface area contributed by atoms with Crippen LogP contribution < -0.4 is 4.72 Å². The van der Waals surface area contributed by atoms with Crippen molar-refractivity contribution in [3.63, 3.8) is 0 Å². The Balaban J connectivity index is 1.81. The van der Waals surface area contributed by atoms with Gasteiger partial charge in [-0.25, -0.2) is 13.1 Å². The van der Waals surface area contributed by atoms with Crippen LogP contribution in [-0.2, 0) is 10.0 Å². The van der Waals surface area contributed by atoms with E-state index in [-0.39, 0.29) is 6.04 Å². The first-order chi connectivity index (χ1) is 9.15. The maximum absolute atomic E-state index is 12.2. The zero-order valence-electron chi connectivity index (χ0n) is 10.2. The predicted octanol–water partition coefficient (Wildman–Crippen LogP) is 2.62. The summed E-state index contributed by atoms with van der Waals surface area (Å²) in [5, 5.41) is 3.62. The van der Waals surface area contributed by atoms with E-state index in [1.807, 2.05) is 0 Å². The fourth-order valence-electron chi connectivity index (χ4n) is 2.26. The lowest BCUT2D eigenvalue weighted by atomic mass is 10.3. The minimum absolute atomic E-state index is 0.0841. The van der Waals surface area contributed by atoms with Gasteiger partial charge in [0.05, 0.1) is 11.1 Å². The molecule has 2 aromatic rings. The van der Waals surface area contributed by atoms with Crippen molar-refractivity contribution >= 4 is 21.4 Å². The number of thiophene rings is 1. The fraction of sp³-hybridized carbons (Fsp3) is 0.417. The van der Waals surface area contributed by atoms with E-state index in [0.29, 0.717) is 9.97 Å². The zero-order valence-corrected chi connectivity index (χ0v) is 11.8. The Morgan fingerprint density at radius 1 is 1.26 bits per heavy atom. The van der Waals surface area contributed by atoms with E-state index in [9.17, 15) is 8.42 Å². The topological polar surface area (TPSA) is 72.2 Å². The highest BCUT2D eigenvalue weighted by Gasteiger charge is 2.24. The summed E-state index contributed by atoms with van der Waals surface area (Å²) in [4.78, 5) is 0.768. The van der Waals surface area contributed by atoms with Crippen LogP contribution >= 0.6 is 11.3 Å². The fourth-order valence-corrected chi connectivity index (χ4v) is 4.85. The standard InChI is InChI=1S/C12H14N2O3S2/c15-19(16,14-9-3-1-2-4-9)12-6-5-11(18-12)10-7-8-13-17-10/h5-9,14H,1-4H2. The van der Waals surface area contributed by atoms with E-state index in [1.165, 1.54) is 11.3 Å². The minimum atomic E-state index is -3.41. The summed E-state index contributed by atoms with van der Waals surface area (Å²) in [6, 6.07) is 5.15. The number of aromatic nitrogens is 1. The lowest BCUT2D eigenvalue weighted by molar-refractivity contribution is 0.433. The van der Waals surface area contributed by atoms with Gasteiger partial charge in [0.15, 0.2) is 5.76 Å². The molecule has 0 aromatic carbocycles. The monoisotopic (exact) mass is 298 g/mol. The Kier molecular flexibility index (Phi) is 3.42. The molecule has 7 heteroatoms. The molecule has 3 rings (SSSR count). The van der Waals surface area contributed by atoms with Gasteiger partial charge in [0.1, 0.15) is 4.21 Å². The SMILES string of the molecule is O=S(=O)(NC1CCCC1)c1ccc(-c2ccno2)s1. The molecule has 1 aliphatic carbocycles. The molecule has 0 spiro atoms. The highest BCUT2D eigenvalue weighted by molar-refractivity contribution is 7.91. The van der Waals surface area contributed by atoms with Gasteiger partial charge in [0.2, 0.25) is 10.0 Å². The number of nitrogens with zero attached hydrogens (tertiary/aromatic N) is 1. The normalized spacial score (nSPS) is 17.1. The third-order valence-corrected chi connectivity index (χ3v) is 6.32. The first kappa shape index (κ1) is 12.8. The first-order valence-corrected chi connectivity index (χ1v) is 8.48. The van der Waals surface area contributed by atoms with Crippen LogP contribution in [0.25, 0.3) is 10.6 Å². The van der Waals surface area contributed by atoms with Crippen LogP contribution in [-0.4, -0.2) is 19.6 Å². The lowest BCUT2D eigenvalue weighted by Gasteiger charge is -2.10. The summed E-state index contributed by atoms with van der Waals surface area (Å²) >= 11 is 1.20.